The van der Waals surface area contributed by atoms with E-state index >= 15 is 0 Å². The summed E-state index contributed by atoms with van der Waals surface area (Å²) in [5, 5.41) is 4.83. The van der Waals surface area contributed by atoms with Gasteiger partial charge in [-0.1, -0.05) is 6.08 Å². The van der Waals surface area contributed by atoms with Crippen molar-refractivity contribution in [2.75, 3.05) is 33.6 Å². The molecule has 0 fully saturated rings. The fourth-order valence-electron chi connectivity index (χ4n) is 3.59. The number of fused-ring (bicyclic) bond motifs is 1. The minimum absolute atomic E-state index is 0.0594. The van der Waals surface area contributed by atoms with Crippen LogP contribution in [0.1, 0.15) is 18.7 Å². The fourth-order valence-corrected chi connectivity index (χ4v) is 3.59. The molecule has 2 heterocycles. The van der Waals surface area contributed by atoms with E-state index in [-0.39, 0.29) is 47.8 Å². The highest BCUT2D eigenvalue weighted by atomic mass is 19.1. The number of rotatable bonds is 9. The lowest BCUT2D eigenvalue weighted by molar-refractivity contribution is -0.123. The third kappa shape index (κ3) is 7.06. The molecule has 0 saturated carbocycles. The van der Waals surface area contributed by atoms with Gasteiger partial charge in [0, 0.05) is 20.2 Å². The van der Waals surface area contributed by atoms with Crippen LogP contribution in [0.4, 0.5) is 19.7 Å². The van der Waals surface area contributed by atoms with Gasteiger partial charge in [-0.3, -0.25) is 19.0 Å². The van der Waals surface area contributed by atoms with Crippen molar-refractivity contribution in [3.63, 3.8) is 0 Å². The lowest BCUT2D eigenvalue weighted by atomic mass is 10.1. The summed E-state index contributed by atoms with van der Waals surface area (Å²) < 4.78 is 25.3. The third-order valence-electron chi connectivity index (χ3n) is 5.63. The number of anilines is 1. The summed E-state index contributed by atoms with van der Waals surface area (Å²) >= 11 is 0. The van der Waals surface area contributed by atoms with E-state index in [0.29, 0.717) is 0 Å². The monoisotopic (exact) mass is 557 g/mol. The Kier molecular flexibility index (Phi) is 9.67. The van der Waals surface area contributed by atoms with E-state index < -0.39 is 35.5 Å². The number of amides is 3. The van der Waals surface area contributed by atoms with Crippen LogP contribution in [0, 0.1) is 5.82 Å². The van der Waals surface area contributed by atoms with Gasteiger partial charge in [-0.05, 0) is 31.1 Å². The first kappa shape index (κ1) is 29.5. The van der Waals surface area contributed by atoms with Crippen LogP contribution in [0.3, 0.4) is 0 Å². The lowest BCUT2D eigenvalue weighted by Crippen LogP contribution is -2.44. The Hall–Kier alpha value is -5.08. The smallest absolute Gasteiger partial charge is 0.419 e. The summed E-state index contributed by atoms with van der Waals surface area (Å²) in [5.41, 5.74) is -0.462. The number of aromatic nitrogens is 4. The molecule has 2 N–H and O–H groups in total. The van der Waals surface area contributed by atoms with Crippen molar-refractivity contribution in [1.82, 2.24) is 29.3 Å². The highest BCUT2D eigenvalue weighted by Crippen LogP contribution is 2.19. The van der Waals surface area contributed by atoms with E-state index in [2.05, 4.69) is 25.3 Å². The molecule has 15 heteroatoms. The highest BCUT2D eigenvalue weighted by Gasteiger charge is 2.23. The second kappa shape index (κ2) is 13.1. The van der Waals surface area contributed by atoms with Crippen LogP contribution in [-0.2, 0) is 25.6 Å². The number of nitrogens with one attached hydrogen (secondary N) is 2. The molecule has 14 nitrogen and oxygen atoms in total. The number of carbonyl (C=O) groups is 4. The number of halogens is 1. The number of alkyl carbamates (subject to hydrolysis) is 1. The third-order valence-corrected chi connectivity index (χ3v) is 5.63. The Morgan fingerprint density at radius 3 is 2.60 bits per heavy atom. The number of allylic oxidation sites excluding steroid dienone is 1. The molecule has 1 atom stereocenters. The summed E-state index contributed by atoms with van der Waals surface area (Å²) in [4.78, 5) is 71.7. The van der Waals surface area contributed by atoms with Crippen molar-refractivity contribution in [2.24, 2.45) is 0 Å². The normalized spacial score (nSPS) is 11.7. The van der Waals surface area contributed by atoms with Crippen molar-refractivity contribution in [1.29, 1.82) is 0 Å². The Morgan fingerprint density at radius 2 is 1.93 bits per heavy atom. The summed E-state index contributed by atoms with van der Waals surface area (Å²) in [6.07, 6.45) is 3.87. The molecular formula is C25H28FN7O7. The van der Waals surface area contributed by atoms with Crippen LogP contribution in [0.15, 0.2) is 47.7 Å². The number of methoxy groups -OCH3 is 2. The van der Waals surface area contributed by atoms with E-state index in [4.69, 9.17) is 4.74 Å². The predicted octanol–water partition coefficient (Wildman–Crippen LogP) is 1.48. The number of nitrogens with zero attached hydrogens (tertiary/aromatic N) is 5. The number of hydrogen-bond donors (Lipinski definition) is 2. The van der Waals surface area contributed by atoms with Crippen LogP contribution in [0.25, 0.3) is 11.0 Å². The fraction of sp³-hybridized carbons (Fsp3) is 0.320. The zero-order chi connectivity index (χ0) is 29.4. The molecule has 3 amide bonds. The van der Waals surface area contributed by atoms with E-state index in [1.807, 2.05) is 0 Å². The summed E-state index contributed by atoms with van der Waals surface area (Å²) in [6, 6.07) is 2.54. The SMILES string of the molecule is COC(=O)N[C@@H](CC/C=C/C(=O)N(C)C)C(=O)Nc1cncn(Cc2nc3cc(F)ccc3n2C(=O)OC)c1=O. The first-order chi connectivity index (χ1) is 19.0. The van der Waals surface area contributed by atoms with Gasteiger partial charge in [0.05, 0.1) is 44.3 Å². The van der Waals surface area contributed by atoms with Gasteiger partial charge in [0.1, 0.15) is 23.4 Å². The van der Waals surface area contributed by atoms with Gasteiger partial charge in [0.25, 0.3) is 5.56 Å². The largest absolute Gasteiger partial charge is 0.453 e. The maximum Gasteiger partial charge on any atom is 0.419 e. The van der Waals surface area contributed by atoms with Gasteiger partial charge in [0.15, 0.2) is 0 Å². The van der Waals surface area contributed by atoms with Gasteiger partial charge < -0.3 is 25.0 Å². The lowest BCUT2D eigenvalue weighted by Gasteiger charge is -2.17. The maximum absolute atomic E-state index is 13.7. The standard InChI is InChI=1S/C25H28FN7O7/c1-31(2)21(34)8-6-5-7-16(30-24(37)39-3)22(35)29-18-12-27-14-32(23(18)36)13-20-28-17-11-15(26)9-10-19(17)33(20)25(38)40-4/h6,8-12,14,16H,5,7,13H2,1-4H3,(H,29,35)(H,30,37)/b8-6+/t16-/m0/s1. The second-order valence-electron chi connectivity index (χ2n) is 8.60. The number of hydrogen-bond acceptors (Lipinski definition) is 9. The minimum Gasteiger partial charge on any atom is -0.453 e. The minimum atomic E-state index is -1.11. The quantitative estimate of drug-likeness (QED) is 0.371. The molecule has 2 aromatic heterocycles. The van der Waals surface area contributed by atoms with Gasteiger partial charge in [-0.15, -0.1) is 0 Å². The van der Waals surface area contributed by atoms with E-state index in [0.717, 1.165) is 34.6 Å². The Morgan fingerprint density at radius 1 is 1.18 bits per heavy atom. The highest BCUT2D eigenvalue weighted by molar-refractivity contribution is 5.96. The molecule has 0 aliphatic carbocycles. The van der Waals surface area contributed by atoms with Gasteiger partial charge >= 0.3 is 12.2 Å². The number of benzene rings is 1. The summed E-state index contributed by atoms with van der Waals surface area (Å²) in [7, 11) is 5.48. The van der Waals surface area contributed by atoms with E-state index in [9.17, 15) is 28.4 Å². The number of likely N-dealkylation sites (N-methyl/N-ethyl adjacent to an activating group) is 1. The van der Waals surface area contributed by atoms with Crippen LogP contribution in [0.2, 0.25) is 0 Å². The van der Waals surface area contributed by atoms with Crippen LogP contribution >= 0.6 is 0 Å². The van der Waals surface area contributed by atoms with Gasteiger partial charge in [-0.25, -0.2) is 28.5 Å². The van der Waals surface area contributed by atoms with Crippen molar-refractivity contribution in [3.05, 3.63) is 64.9 Å². The molecule has 0 unspecified atom stereocenters. The molecule has 0 aliphatic rings. The molecule has 0 radical (unpaired) electrons. The number of ether oxygens (including phenoxy) is 2. The van der Waals surface area contributed by atoms with Crippen LogP contribution < -0.4 is 16.2 Å². The first-order valence-electron chi connectivity index (χ1n) is 11.9. The van der Waals surface area contributed by atoms with Gasteiger partial charge in [-0.2, -0.15) is 0 Å². The van der Waals surface area contributed by atoms with Crippen LogP contribution in [0.5, 0.6) is 0 Å². The second-order valence-corrected chi connectivity index (χ2v) is 8.60. The zero-order valence-electron chi connectivity index (χ0n) is 22.2. The Balaban J connectivity index is 1.84. The number of imidazole rings is 1. The van der Waals surface area contributed by atoms with Crippen molar-refractivity contribution < 1.29 is 33.0 Å². The molecule has 0 saturated heterocycles. The van der Waals surface area contributed by atoms with Crippen LogP contribution in [-0.4, -0.2) is 82.4 Å². The molecule has 3 rings (SSSR count). The molecule has 0 aliphatic heterocycles. The Bertz CT molecular complexity index is 1510. The van der Waals surface area contributed by atoms with Crippen molar-refractivity contribution in [3.8, 4) is 0 Å². The van der Waals surface area contributed by atoms with Crippen molar-refractivity contribution >= 4 is 40.7 Å². The molecule has 0 spiro atoms. The topological polar surface area (TPSA) is 167 Å². The zero-order valence-corrected chi connectivity index (χ0v) is 22.2. The number of carbonyl (C=O) groups excluding carboxylic acids is 4. The van der Waals surface area contributed by atoms with E-state index in [1.54, 1.807) is 20.2 Å². The molecular weight excluding hydrogens is 529 g/mol. The summed E-state index contributed by atoms with van der Waals surface area (Å²) in [5.74, 6) is -1.48. The molecule has 1 aromatic carbocycles. The predicted molar refractivity (Wildman–Crippen MR) is 140 cm³/mol. The van der Waals surface area contributed by atoms with Crippen molar-refractivity contribution in [2.45, 2.75) is 25.4 Å². The summed E-state index contributed by atoms with van der Waals surface area (Å²) in [6.45, 7) is -0.268. The average molecular weight is 558 g/mol. The van der Waals surface area contributed by atoms with E-state index in [1.165, 1.54) is 30.5 Å². The first-order valence-corrected chi connectivity index (χ1v) is 11.9. The maximum atomic E-state index is 13.7. The molecule has 212 valence electrons. The molecule has 40 heavy (non-hydrogen) atoms. The van der Waals surface area contributed by atoms with Gasteiger partial charge in [0.2, 0.25) is 11.8 Å². The average Bonchev–Trinajstić information content (AvgIpc) is 3.28. The molecule has 0 bridgehead atoms. The molecule has 3 aromatic rings. The Labute approximate surface area is 227 Å².